The summed E-state index contributed by atoms with van der Waals surface area (Å²) in [5, 5.41) is 15.6. The predicted molar refractivity (Wildman–Crippen MR) is 164 cm³/mol. The van der Waals surface area contributed by atoms with Crippen LogP contribution < -0.4 is 20.9 Å². The number of nitrogens with zero attached hydrogens (tertiary/aromatic N) is 3. The lowest BCUT2D eigenvalue weighted by Crippen LogP contribution is -2.29. The Hall–Kier alpha value is -4.46. The number of carbonyl (C=O) groups is 2. The van der Waals surface area contributed by atoms with Crippen molar-refractivity contribution in [2.75, 3.05) is 36.9 Å². The molecule has 0 radical (unpaired) electrons. The molecule has 2 heterocycles. The minimum absolute atomic E-state index is 0.244. The van der Waals surface area contributed by atoms with E-state index < -0.39 is 0 Å². The average Bonchev–Trinajstić information content (AvgIpc) is 3.01. The van der Waals surface area contributed by atoms with E-state index in [1.807, 2.05) is 36.4 Å². The van der Waals surface area contributed by atoms with Crippen LogP contribution in [0, 0.1) is 12.3 Å². The van der Waals surface area contributed by atoms with Gasteiger partial charge in [-0.1, -0.05) is 37.3 Å². The van der Waals surface area contributed by atoms with E-state index in [4.69, 9.17) is 16.4 Å². The molecule has 10 nitrogen and oxygen atoms in total. The molecule has 0 unspecified atom stereocenters. The molecule has 0 spiro atoms. The van der Waals surface area contributed by atoms with Crippen molar-refractivity contribution in [3.8, 4) is 18.1 Å². The van der Waals surface area contributed by atoms with Gasteiger partial charge in [0, 0.05) is 41.7 Å². The van der Waals surface area contributed by atoms with Crippen LogP contribution in [0.25, 0.3) is 10.9 Å². The van der Waals surface area contributed by atoms with Gasteiger partial charge in [-0.05, 0) is 63.0 Å². The third-order valence-electron chi connectivity index (χ3n) is 7.05. The standard InChI is InChI=1S/C32H38N6O4/c1-2-24-12-10-13-25(20-24)35-32-26-21-28(36-30(39)15-11-18-38-16-7-5-8-17-38)29(22-27(26)33-23-34-32)42-19-9-4-3-6-14-31(40)37-41/h1,10-13,15,20-23,41H,3-9,14,16-19H2,(H,36,39)(H,37,40)(H,33,34,35)/b15-11+. The lowest BCUT2D eigenvalue weighted by atomic mass is 10.1. The zero-order valence-corrected chi connectivity index (χ0v) is 23.8. The molecule has 1 fully saturated rings. The molecule has 4 N–H and O–H groups in total. The van der Waals surface area contributed by atoms with E-state index in [-0.39, 0.29) is 18.2 Å². The molecule has 0 aliphatic carbocycles. The number of likely N-dealkylation sites (tertiary alicyclic amines) is 1. The number of hydroxylamine groups is 1. The van der Waals surface area contributed by atoms with Gasteiger partial charge in [-0.3, -0.25) is 19.7 Å². The SMILES string of the molecule is C#Cc1cccc(Nc2ncnc3cc(OCCCCCCC(=O)NO)c(NC(=O)/C=C/CN4CCCCC4)cc23)c1. The van der Waals surface area contributed by atoms with Crippen molar-refractivity contribution >= 4 is 39.9 Å². The molecular formula is C32H38N6O4. The minimum atomic E-state index is -0.382. The van der Waals surface area contributed by atoms with Crippen LogP contribution >= 0.6 is 0 Å². The molecule has 220 valence electrons. The summed E-state index contributed by atoms with van der Waals surface area (Å²) in [7, 11) is 0. The molecule has 1 aliphatic rings. The van der Waals surface area contributed by atoms with Gasteiger partial charge in [0.15, 0.2) is 0 Å². The summed E-state index contributed by atoms with van der Waals surface area (Å²) >= 11 is 0. The van der Waals surface area contributed by atoms with Crippen molar-refractivity contribution < 1.29 is 19.5 Å². The Bertz CT molecular complexity index is 1430. The zero-order chi connectivity index (χ0) is 29.6. The maximum atomic E-state index is 12.9. The van der Waals surface area contributed by atoms with Crippen LogP contribution in [-0.2, 0) is 9.59 Å². The number of amides is 2. The van der Waals surface area contributed by atoms with Crippen LogP contribution in [0.2, 0.25) is 0 Å². The first kappa shape index (κ1) is 30.5. The molecule has 0 atom stereocenters. The Kier molecular flexibility index (Phi) is 11.7. The summed E-state index contributed by atoms with van der Waals surface area (Å²) in [6, 6.07) is 11.1. The van der Waals surface area contributed by atoms with E-state index in [0.29, 0.717) is 41.2 Å². The first-order valence-corrected chi connectivity index (χ1v) is 14.4. The van der Waals surface area contributed by atoms with Crippen LogP contribution in [-0.4, -0.2) is 58.1 Å². The fourth-order valence-electron chi connectivity index (χ4n) is 4.83. The van der Waals surface area contributed by atoms with E-state index >= 15 is 0 Å². The molecule has 0 saturated carbocycles. The smallest absolute Gasteiger partial charge is 0.248 e. The lowest BCUT2D eigenvalue weighted by molar-refractivity contribution is -0.129. The van der Waals surface area contributed by atoms with Gasteiger partial charge in [0.2, 0.25) is 11.8 Å². The second-order valence-corrected chi connectivity index (χ2v) is 10.2. The van der Waals surface area contributed by atoms with Gasteiger partial charge in [0.05, 0.1) is 17.8 Å². The molecular weight excluding hydrogens is 532 g/mol. The highest BCUT2D eigenvalue weighted by Crippen LogP contribution is 2.33. The molecule has 4 rings (SSSR count). The number of rotatable bonds is 14. The minimum Gasteiger partial charge on any atom is -0.491 e. The summed E-state index contributed by atoms with van der Waals surface area (Å²) < 4.78 is 6.11. The van der Waals surface area contributed by atoms with Crippen molar-refractivity contribution in [1.29, 1.82) is 0 Å². The van der Waals surface area contributed by atoms with Crippen molar-refractivity contribution in [3.05, 3.63) is 60.4 Å². The molecule has 10 heteroatoms. The Morgan fingerprint density at radius 2 is 1.90 bits per heavy atom. The second kappa shape index (κ2) is 16.1. The van der Waals surface area contributed by atoms with Crippen LogP contribution in [0.3, 0.4) is 0 Å². The topological polar surface area (TPSA) is 129 Å². The molecule has 1 saturated heterocycles. The first-order chi connectivity index (χ1) is 20.6. The van der Waals surface area contributed by atoms with Gasteiger partial charge in [0.25, 0.3) is 0 Å². The van der Waals surface area contributed by atoms with Crippen molar-refractivity contribution in [2.24, 2.45) is 0 Å². The molecule has 2 aromatic carbocycles. The van der Waals surface area contributed by atoms with Gasteiger partial charge >= 0.3 is 0 Å². The van der Waals surface area contributed by atoms with Gasteiger partial charge in [0.1, 0.15) is 17.9 Å². The third kappa shape index (κ3) is 9.29. The van der Waals surface area contributed by atoms with Crippen LogP contribution in [0.4, 0.5) is 17.2 Å². The quantitative estimate of drug-likeness (QED) is 0.0687. The largest absolute Gasteiger partial charge is 0.491 e. The summed E-state index contributed by atoms with van der Waals surface area (Å²) in [6.07, 6.45) is 17.6. The maximum absolute atomic E-state index is 12.9. The second-order valence-electron chi connectivity index (χ2n) is 10.2. The molecule has 1 aromatic heterocycles. The van der Waals surface area contributed by atoms with E-state index in [0.717, 1.165) is 50.1 Å². The highest BCUT2D eigenvalue weighted by molar-refractivity contribution is 6.03. The Morgan fingerprint density at radius 1 is 1.07 bits per heavy atom. The zero-order valence-electron chi connectivity index (χ0n) is 23.8. The molecule has 42 heavy (non-hydrogen) atoms. The number of carbonyl (C=O) groups excluding carboxylic acids is 2. The van der Waals surface area contributed by atoms with E-state index in [9.17, 15) is 9.59 Å². The van der Waals surface area contributed by atoms with Gasteiger partial charge in [-0.2, -0.15) is 0 Å². The monoisotopic (exact) mass is 570 g/mol. The molecule has 2 amide bonds. The van der Waals surface area contributed by atoms with Gasteiger partial charge < -0.3 is 15.4 Å². The van der Waals surface area contributed by atoms with Crippen LogP contribution in [0.5, 0.6) is 5.75 Å². The summed E-state index contributed by atoms with van der Waals surface area (Å²) in [4.78, 5) is 35.3. The Morgan fingerprint density at radius 3 is 2.71 bits per heavy atom. The summed E-state index contributed by atoms with van der Waals surface area (Å²) in [5.41, 5.74) is 4.35. The van der Waals surface area contributed by atoms with Crippen molar-refractivity contribution in [1.82, 2.24) is 20.3 Å². The highest BCUT2D eigenvalue weighted by Gasteiger charge is 2.14. The van der Waals surface area contributed by atoms with Crippen molar-refractivity contribution in [2.45, 2.75) is 51.4 Å². The highest BCUT2D eigenvalue weighted by atomic mass is 16.5. The number of hydrogen-bond acceptors (Lipinski definition) is 8. The van der Waals surface area contributed by atoms with Crippen LogP contribution in [0.1, 0.15) is 56.9 Å². The molecule has 3 aromatic rings. The number of nitrogens with one attached hydrogen (secondary N) is 3. The number of piperidine rings is 1. The normalized spacial score (nSPS) is 13.5. The Labute approximate surface area is 246 Å². The number of benzene rings is 2. The summed E-state index contributed by atoms with van der Waals surface area (Å²) in [6.45, 7) is 3.29. The Balaban J connectivity index is 1.49. The van der Waals surface area contributed by atoms with E-state index in [1.54, 1.807) is 17.6 Å². The number of anilines is 3. The summed E-state index contributed by atoms with van der Waals surface area (Å²) in [5.74, 6) is 3.09. The van der Waals surface area contributed by atoms with Gasteiger partial charge in [-0.15, -0.1) is 6.42 Å². The number of aromatic nitrogens is 2. The fourth-order valence-corrected chi connectivity index (χ4v) is 4.83. The average molecular weight is 571 g/mol. The molecule has 0 bridgehead atoms. The van der Waals surface area contributed by atoms with E-state index in [2.05, 4.69) is 31.4 Å². The molecule has 1 aliphatic heterocycles. The number of ether oxygens (including phenoxy) is 1. The van der Waals surface area contributed by atoms with Gasteiger partial charge in [-0.25, -0.2) is 15.4 Å². The first-order valence-electron chi connectivity index (χ1n) is 14.4. The maximum Gasteiger partial charge on any atom is 0.248 e. The van der Waals surface area contributed by atoms with E-state index in [1.165, 1.54) is 25.6 Å². The number of terminal acetylenes is 1. The third-order valence-corrected chi connectivity index (χ3v) is 7.05. The number of unbranched alkanes of at least 4 members (excludes halogenated alkanes) is 3. The fraction of sp³-hybridized carbons (Fsp3) is 0.375. The number of hydrogen-bond donors (Lipinski definition) is 4. The van der Waals surface area contributed by atoms with Crippen LogP contribution in [0.15, 0.2) is 54.9 Å². The number of fused-ring (bicyclic) bond motifs is 1. The predicted octanol–water partition coefficient (Wildman–Crippen LogP) is 5.17. The lowest BCUT2D eigenvalue weighted by Gasteiger charge is -2.24. The van der Waals surface area contributed by atoms with Crippen molar-refractivity contribution in [3.63, 3.8) is 0 Å².